The highest BCUT2D eigenvalue weighted by Crippen LogP contribution is 2.32. The van der Waals surface area contributed by atoms with Gasteiger partial charge in [0.25, 0.3) is 5.56 Å². The third kappa shape index (κ3) is 3.75. The predicted octanol–water partition coefficient (Wildman–Crippen LogP) is 2.81. The number of aromatic nitrogens is 2. The second kappa shape index (κ2) is 7.22. The minimum absolute atomic E-state index is 0.00501. The van der Waals surface area contributed by atoms with E-state index in [0.717, 1.165) is 42.3 Å². The van der Waals surface area contributed by atoms with Crippen LogP contribution in [0.3, 0.4) is 0 Å². The van der Waals surface area contributed by atoms with E-state index in [2.05, 4.69) is 29.8 Å². The van der Waals surface area contributed by atoms with Gasteiger partial charge in [-0.3, -0.25) is 9.36 Å². The van der Waals surface area contributed by atoms with Crippen LogP contribution < -0.4 is 16.2 Å². The molecule has 2 heterocycles. The summed E-state index contributed by atoms with van der Waals surface area (Å²) in [5, 5.41) is 0. The van der Waals surface area contributed by atoms with E-state index >= 15 is 0 Å². The number of nitrogens with zero attached hydrogens (tertiary/aromatic N) is 3. The van der Waals surface area contributed by atoms with Crippen molar-refractivity contribution in [3.8, 4) is 0 Å². The number of rotatable bonds is 4. The monoisotopic (exact) mass is 358 g/mol. The van der Waals surface area contributed by atoms with Crippen LogP contribution in [0.5, 0.6) is 0 Å². The molecule has 0 radical (unpaired) electrons. The zero-order chi connectivity index (χ0) is 18.0. The van der Waals surface area contributed by atoms with Gasteiger partial charge in [-0.2, -0.15) is 0 Å². The summed E-state index contributed by atoms with van der Waals surface area (Å²) < 4.78 is 1.67. The van der Waals surface area contributed by atoms with Crippen molar-refractivity contribution >= 4 is 17.7 Å². The first kappa shape index (κ1) is 18.0. The maximum atomic E-state index is 12.8. The van der Waals surface area contributed by atoms with Gasteiger partial charge in [0, 0.05) is 25.0 Å². The van der Waals surface area contributed by atoms with Crippen LogP contribution in [0.1, 0.15) is 25.3 Å². The summed E-state index contributed by atoms with van der Waals surface area (Å²) >= 11 is 1.48. The molecule has 0 unspecified atom stereocenters. The maximum absolute atomic E-state index is 12.8. The highest BCUT2D eigenvalue weighted by atomic mass is 32.2. The molecule has 0 aliphatic carbocycles. The Morgan fingerprint density at radius 3 is 2.56 bits per heavy atom. The molecular formula is C19H26N4OS. The zero-order valence-electron chi connectivity index (χ0n) is 15.2. The fraction of sp³-hybridized carbons (Fsp3) is 0.474. The van der Waals surface area contributed by atoms with Crippen LogP contribution in [-0.4, -0.2) is 29.2 Å². The molecule has 0 atom stereocenters. The van der Waals surface area contributed by atoms with Crippen LogP contribution in [0.4, 0.5) is 5.95 Å². The Morgan fingerprint density at radius 2 is 1.92 bits per heavy atom. The molecule has 2 aromatic rings. The summed E-state index contributed by atoms with van der Waals surface area (Å²) in [4.78, 5) is 21.3. The molecule has 134 valence electrons. The van der Waals surface area contributed by atoms with Crippen LogP contribution >= 0.6 is 11.8 Å². The minimum atomic E-state index is 0.00501. The first-order chi connectivity index (χ1) is 11.9. The Labute approximate surface area is 153 Å². The normalized spacial score (nSPS) is 16.9. The first-order valence-corrected chi connectivity index (χ1v) is 9.50. The van der Waals surface area contributed by atoms with Crippen molar-refractivity contribution < 1.29 is 0 Å². The SMILES string of the molecule is Cc1ccccc1Sc1cnc(N2CCC(C)(CN)CC2)n(C)c1=O. The lowest BCUT2D eigenvalue weighted by Crippen LogP contribution is -2.44. The van der Waals surface area contributed by atoms with Gasteiger partial charge in [0.05, 0.1) is 11.1 Å². The summed E-state index contributed by atoms with van der Waals surface area (Å²) in [5.74, 6) is 0.748. The molecule has 1 aliphatic heterocycles. The van der Waals surface area contributed by atoms with E-state index in [9.17, 15) is 4.79 Å². The third-order valence-electron chi connectivity index (χ3n) is 5.17. The summed E-state index contributed by atoms with van der Waals surface area (Å²) in [6, 6.07) is 8.08. The molecule has 1 aromatic heterocycles. The second-order valence-corrected chi connectivity index (χ2v) is 8.24. The lowest BCUT2D eigenvalue weighted by atomic mass is 9.81. The van der Waals surface area contributed by atoms with E-state index in [0.29, 0.717) is 11.4 Å². The molecule has 1 fully saturated rings. The first-order valence-electron chi connectivity index (χ1n) is 8.68. The average molecular weight is 359 g/mol. The van der Waals surface area contributed by atoms with Gasteiger partial charge in [-0.1, -0.05) is 36.9 Å². The largest absolute Gasteiger partial charge is 0.342 e. The smallest absolute Gasteiger partial charge is 0.268 e. The van der Waals surface area contributed by atoms with E-state index in [1.54, 1.807) is 10.8 Å². The van der Waals surface area contributed by atoms with Gasteiger partial charge in [-0.25, -0.2) is 4.98 Å². The molecule has 5 nitrogen and oxygen atoms in total. The molecular weight excluding hydrogens is 332 g/mol. The van der Waals surface area contributed by atoms with Crippen LogP contribution in [0, 0.1) is 12.3 Å². The summed E-state index contributed by atoms with van der Waals surface area (Å²) in [6.45, 7) is 6.77. The highest BCUT2D eigenvalue weighted by Gasteiger charge is 2.30. The topological polar surface area (TPSA) is 64.2 Å². The van der Waals surface area contributed by atoms with Gasteiger partial charge in [-0.05, 0) is 43.4 Å². The lowest BCUT2D eigenvalue weighted by Gasteiger charge is -2.39. The van der Waals surface area contributed by atoms with Crippen molar-refractivity contribution in [2.24, 2.45) is 18.2 Å². The number of hydrogen-bond acceptors (Lipinski definition) is 5. The van der Waals surface area contributed by atoms with Crippen LogP contribution in [-0.2, 0) is 7.05 Å². The minimum Gasteiger partial charge on any atom is -0.342 e. The van der Waals surface area contributed by atoms with Crippen molar-refractivity contribution in [3.63, 3.8) is 0 Å². The zero-order valence-corrected chi connectivity index (χ0v) is 16.0. The highest BCUT2D eigenvalue weighted by molar-refractivity contribution is 7.99. The van der Waals surface area contributed by atoms with Crippen molar-refractivity contribution in [3.05, 3.63) is 46.4 Å². The molecule has 0 spiro atoms. The van der Waals surface area contributed by atoms with Crippen molar-refractivity contribution in [2.45, 2.75) is 36.5 Å². The van der Waals surface area contributed by atoms with E-state index in [1.165, 1.54) is 11.8 Å². The molecule has 1 aromatic carbocycles. The van der Waals surface area contributed by atoms with Crippen LogP contribution in [0.2, 0.25) is 0 Å². The van der Waals surface area contributed by atoms with Crippen LogP contribution in [0.15, 0.2) is 45.0 Å². The Morgan fingerprint density at radius 1 is 1.24 bits per heavy atom. The number of nitrogens with two attached hydrogens (primary N) is 1. The maximum Gasteiger partial charge on any atom is 0.268 e. The van der Waals surface area contributed by atoms with Gasteiger partial charge < -0.3 is 10.6 Å². The molecule has 6 heteroatoms. The third-order valence-corrected chi connectivity index (χ3v) is 6.35. The Balaban J connectivity index is 1.82. The van der Waals surface area contributed by atoms with Crippen molar-refractivity contribution in [1.29, 1.82) is 0 Å². The molecule has 3 rings (SSSR count). The number of hydrogen-bond donors (Lipinski definition) is 1. The summed E-state index contributed by atoms with van der Waals surface area (Å²) in [7, 11) is 1.81. The van der Waals surface area contributed by atoms with Gasteiger partial charge in [0.1, 0.15) is 0 Å². The van der Waals surface area contributed by atoms with Gasteiger partial charge in [-0.15, -0.1) is 0 Å². The van der Waals surface area contributed by atoms with Gasteiger partial charge in [0.15, 0.2) is 0 Å². The molecule has 1 saturated heterocycles. The Kier molecular flexibility index (Phi) is 5.20. The average Bonchev–Trinajstić information content (AvgIpc) is 2.62. The van der Waals surface area contributed by atoms with Crippen molar-refractivity contribution in [2.75, 3.05) is 24.5 Å². The predicted molar refractivity (Wildman–Crippen MR) is 103 cm³/mol. The lowest BCUT2D eigenvalue weighted by molar-refractivity contribution is 0.256. The molecule has 25 heavy (non-hydrogen) atoms. The van der Waals surface area contributed by atoms with E-state index in [1.807, 2.05) is 25.2 Å². The Bertz CT molecular complexity index is 809. The van der Waals surface area contributed by atoms with Gasteiger partial charge in [0.2, 0.25) is 5.95 Å². The number of anilines is 1. The van der Waals surface area contributed by atoms with E-state index < -0.39 is 0 Å². The number of aryl methyl sites for hydroxylation is 1. The summed E-state index contributed by atoms with van der Waals surface area (Å²) in [5.41, 5.74) is 7.26. The molecule has 0 amide bonds. The van der Waals surface area contributed by atoms with Crippen LogP contribution in [0.25, 0.3) is 0 Å². The van der Waals surface area contributed by atoms with Gasteiger partial charge >= 0.3 is 0 Å². The fourth-order valence-electron chi connectivity index (χ4n) is 3.12. The van der Waals surface area contributed by atoms with Crippen molar-refractivity contribution in [1.82, 2.24) is 9.55 Å². The van der Waals surface area contributed by atoms with E-state index in [4.69, 9.17) is 5.73 Å². The fourth-order valence-corrected chi connectivity index (χ4v) is 4.06. The second-order valence-electron chi connectivity index (χ2n) is 7.16. The standard InChI is InChI=1S/C19H26N4OS/c1-14-6-4-5-7-15(14)25-16-12-21-18(22(3)17(16)24)23-10-8-19(2,13-20)9-11-23/h4-7,12H,8-11,13,20H2,1-3H3. The molecule has 0 saturated carbocycles. The number of piperidine rings is 1. The van der Waals surface area contributed by atoms with E-state index in [-0.39, 0.29) is 11.0 Å². The quantitative estimate of drug-likeness (QED) is 0.910. The molecule has 0 bridgehead atoms. The number of benzene rings is 1. The summed E-state index contributed by atoms with van der Waals surface area (Å²) in [6.07, 6.45) is 3.77. The Hall–Kier alpha value is -1.79. The molecule has 1 aliphatic rings. The molecule has 2 N–H and O–H groups in total.